The van der Waals surface area contributed by atoms with Gasteiger partial charge in [0, 0.05) is 6.20 Å². The van der Waals surface area contributed by atoms with Gasteiger partial charge in [-0.25, -0.2) is 16.8 Å². The number of aromatic nitrogens is 1. The Bertz CT molecular complexity index is 622. The monoisotopic (exact) mass is 331 g/mol. The Kier molecular flexibility index (Phi) is 3.44. The van der Waals surface area contributed by atoms with Crippen molar-refractivity contribution in [2.45, 2.75) is 20.9 Å². The van der Waals surface area contributed by atoms with Crippen LogP contribution in [0.2, 0.25) is 0 Å². The maximum atomic E-state index is 12.2. The molecule has 19 heavy (non-hydrogen) atoms. The molecule has 5 nitrogen and oxygen atoms in total. The van der Waals surface area contributed by atoms with Crippen LogP contribution in [0.4, 0.5) is 26.3 Å². The van der Waals surface area contributed by atoms with Crippen LogP contribution < -0.4 is 0 Å². The molecule has 0 amide bonds. The smallest absolute Gasteiger partial charge is 0.351 e. The molecule has 1 heterocycles. The first-order chi connectivity index (χ1) is 8.23. The third-order valence-corrected chi connectivity index (χ3v) is 4.98. The Hall–Kier alpha value is -1.24. The van der Waals surface area contributed by atoms with Crippen LogP contribution in [0.5, 0.6) is 0 Å². The first-order valence-electron chi connectivity index (χ1n) is 4.03. The van der Waals surface area contributed by atoms with Crippen LogP contribution in [0.15, 0.2) is 22.2 Å². The van der Waals surface area contributed by atoms with Gasteiger partial charge >= 0.3 is 11.0 Å². The van der Waals surface area contributed by atoms with Crippen molar-refractivity contribution in [2.75, 3.05) is 0 Å². The average molecular weight is 331 g/mol. The van der Waals surface area contributed by atoms with E-state index in [4.69, 9.17) is 0 Å². The van der Waals surface area contributed by atoms with Gasteiger partial charge in [-0.1, -0.05) is 0 Å². The van der Waals surface area contributed by atoms with Crippen molar-refractivity contribution in [3.05, 3.63) is 12.3 Å². The lowest BCUT2D eigenvalue weighted by Gasteiger charge is -2.11. The molecule has 110 valence electrons. The summed E-state index contributed by atoms with van der Waals surface area (Å²) < 4.78 is 117. The average Bonchev–Trinajstić information content (AvgIpc) is 2.62. The first-order valence-corrected chi connectivity index (χ1v) is 6.99. The lowest BCUT2D eigenvalue weighted by molar-refractivity contribution is -0.0457. The van der Waals surface area contributed by atoms with E-state index in [0.29, 0.717) is 6.20 Å². The van der Waals surface area contributed by atoms with Crippen LogP contribution in [0, 0.1) is 0 Å². The SMILES string of the molecule is O=S(=O)(c1cc[nH]c1S(=O)(=O)C(F)(F)F)C(F)(F)F. The van der Waals surface area contributed by atoms with Gasteiger partial charge in [-0.05, 0) is 6.07 Å². The minimum absolute atomic E-state index is 0.0848. The molecule has 0 saturated heterocycles. The third-order valence-electron chi connectivity index (χ3n) is 1.84. The molecule has 1 aromatic heterocycles. The molecule has 13 heteroatoms. The van der Waals surface area contributed by atoms with Gasteiger partial charge in [0.1, 0.15) is 4.90 Å². The van der Waals surface area contributed by atoms with Crippen molar-refractivity contribution in [1.29, 1.82) is 0 Å². The highest BCUT2D eigenvalue weighted by atomic mass is 32.2. The zero-order valence-corrected chi connectivity index (χ0v) is 10.0. The topological polar surface area (TPSA) is 84.1 Å². The predicted molar refractivity (Wildman–Crippen MR) is 47.3 cm³/mol. The fourth-order valence-electron chi connectivity index (χ4n) is 1.00. The minimum atomic E-state index is -6.24. The fourth-order valence-corrected chi connectivity index (χ4v) is 3.25. The zero-order chi connectivity index (χ0) is 15.3. The van der Waals surface area contributed by atoms with E-state index in [1.54, 1.807) is 0 Å². The number of aromatic amines is 1. The maximum Gasteiger partial charge on any atom is 0.503 e. The summed E-state index contributed by atoms with van der Waals surface area (Å²) in [5.74, 6) is 0. The van der Waals surface area contributed by atoms with Crippen molar-refractivity contribution in [3.8, 4) is 0 Å². The maximum absolute atomic E-state index is 12.2. The fraction of sp³-hybridized carbons (Fsp3) is 0.333. The quantitative estimate of drug-likeness (QED) is 0.835. The molecule has 0 fully saturated rings. The normalized spacial score (nSPS) is 14.6. The number of H-pyrrole nitrogens is 1. The highest BCUT2D eigenvalue weighted by Gasteiger charge is 2.54. The van der Waals surface area contributed by atoms with Gasteiger partial charge < -0.3 is 4.98 Å². The summed E-state index contributed by atoms with van der Waals surface area (Å²) in [5, 5.41) is -2.07. The van der Waals surface area contributed by atoms with Gasteiger partial charge in [-0.3, -0.25) is 0 Å². The van der Waals surface area contributed by atoms with Crippen LogP contribution in [0.1, 0.15) is 0 Å². The molecule has 0 aromatic carbocycles. The number of nitrogens with one attached hydrogen (secondary N) is 1. The molecule has 0 aliphatic heterocycles. The molecular formula is C6H3F6NO4S2. The van der Waals surface area contributed by atoms with Crippen LogP contribution in [-0.2, 0) is 19.7 Å². The molecule has 1 aromatic rings. The van der Waals surface area contributed by atoms with E-state index in [9.17, 15) is 43.2 Å². The molecule has 0 spiro atoms. The molecule has 0 radical (unpaired) electrons. The summed E-state index contributed by atoms with van der Waals surface area (Å²) in [5.41, 5.74) is -11.9. The van der Waals surface area contributed by atoms with Crippen molar-refractivity contribution in [3.63, 3.8) is 0 Å². The predicted octanol–water partition coefficient (Wildman–Crippen LogP) is 1.60. The van der Waals surface area contributed by atoms with Crippen LogP contribution in [0.25, 0.3) is 0 Å². The van der Waals surface area contributed by atoms with Gasteiger partial charge in [0.25, 0.3) is 19.7 Å². The molecule has 0 unspecified atom stereocenters. The number of hydrogen-bond acceptors (Lipinski definition) is 4. The lowest BCUT2D eigenvalue weighted by Crippen LogP contribution is -2.28. The molecule has 0 aliphatic rings. The summed E-state index contributed by atoms with van der Waals surface area (Å²) in [6, 6.07) is 0.0848. The van der Waals surface area contributed by atoms with E-state index >= 15 is 0 Å². The van der Waals surface area contributed by atoms with Crippen LogP contribution in [0.3, 0.4) is 0 Å². The second-order valence-electron chi connectivity index (χ2n) is 3.07. The highest BCUT2D eigenvalue weighted by molar-refractivity contribution is 7.95. The van der Waals surface area contributed by atoms with Gasteiger partial charge in [0.05, 0.1) is 0 Å². The van der Waals surface area contributed by atoms with Gasteiger partial charge in [-0.2, -0.15) is 26.3 Å². The van der Waals surface area contributed by atoms with E-state index in [-0.39, 0.29) is 6.07 Å². The zero-order valence-electron chi connectivity index (χ0n) is 8.37. The number of rotatable bonds is 2. The van der Waals surface area contributed by atoms with Gasteiger partial charge in [0.15, 0.2) is 5.03 Å². The Labute approximate surface area is 102 Å². The Balaban J connectivity index is 3.62. The summed E-state index contributed by atoms with van der Waals surface area (Å²) in [4.78, 5) is -0.659. The molecule has 0 saturated carbocycles. The lowest BCUT2D eigenvalue weighted by atomic mass is 10.7. The molecule has 0 aliphatic carbocycles. The summed E-state index contributed by atoms with van der Waals surface area (Å²) >= 11 is 0. The number of alkyl halides is 6. The second kappa shape index (κ2) is 4.13. The van der Waals surface area contributed by atoms with Crippen molar-refractivity contribution in [2.24, 2.45) is 0 Å². The molecule has 1 rings (SSSR count). The van der Waals surface area contributed by atoms with Crippen molar-refractivity contribution in [1.82, 2.24) is 4.98 Å². The van der Waals surface area contributed by atoms with E-state index in [0.717, 1.165) is 0 Å². The minimum Gasteiger partial charge on any atom is -0.351 e. The highest BCUT2D eigenvalue weighted by Crippen LogP contribution is 2.37. The Morgan fingerprint density at radius 2 is 1.26 bits per heavy atom. The first kappa shape index (κ1) is 15.8. The second-order valence-corrected chi connectivity index (χ2v) is 6.86. The van der Waals surface area contributed by atoms with Crippen molar-refractivity contribution < 1.29 is 43.2 Å². The molecule has 1 N–H and O–H groups in total. The standard InChI is InChI=1S/C6H3F6NO4S2/c7-5(8,9)18(14,15)3-1-2-13-4(3)19(16,17)6(10,11)12/h1-2,13H. The Morgan fingerprint density at radius 1 is 0.842 bits per heavy atom. The summed E-state index contributed by atoms with van der Waals surface area (Å²) in [7, 11) is -12.5. The van der Waals surface area contributed by atoms with Gasteiger partial charge in [0.2, 0.25) is 0 Å². The molecule has 0 atom stereocenters. The Morgan fingerprint density at radius 3 is 1.63 bits per heavy atom. The number of hydrogen-bond donors (Lipinski definition) is 1. The summed E-state index contributed by atoms with van der Waals surface area (Å²) in [6.45, 7) is 0. The summed E-state index contributed by atoms with van der Waals surface area (Å²) in [6.07, 6.45) is 0.344. The molecule has 0 bridgehead atoms. The van der Waals surface area contributed by atoms with E-state index in [1.165, 1.54) is 4.98 Å². The van der Waals surface area contributed by atoms with Gasteiger partial charge in [-0.15, -0.1) is 0 Å². The van der Waals surface area contributed by atoms with Crippen LogP contribution in [-0.4, -0.2) is 32.8 Å². The largest absolute Gasteiger partial charge is 0.503 e. The van der Waals surface area contributed by atoms with E-state index in [2.05, 4.69) is 0 Å². The number of halogens is 6. The third kappa shape index (κ3) is 2.43. The number of sulfone groups is 2. The van der Waals surface area contributed by atoms with E-state index in [1.807, 2.05) is 0 Å². The van der Waals surface area contributed by atoms with Crippen LogP contribution >= 0.6 is 0 Å². The van der Waals surface area contributed by atoms with E-state index < -0.39 is 40.6 Å². The molecular weight excluding hydrogens is 328 g/mol. The van der Waals surface area contributed by atoms with Crippen molar-refractivity contribution >= 4 is 19.7 Å².